The Balaban J connectivity index is 1.28. The van der Waals surface area contributed by atoms with Gasteiger partial charge in [-0.05, 0) is 18.9 Å². The van der Waals surface area contributed by atoms with Gasteiger partial charge in [0.1, 0.15) is 0 Å². The molecule has 0 bridgehead atoms. The lowest BCUT2D eigenvalue weighted by atomic mass is 10.0. The number of hydrogen-bond acceptors (Lipinski definition) is 4. The third-order valence-electron chi connectivity index (χ3n) is 4.58. The zero-order chi connectivity index (χ0) is 14.9. The van der Waals surface area contributed by atoms with Gasteiger partial charge in [-0.1, -0.05) is 0 Å². The van der Waals surface area contributed by atoms with Crippen molar-refractivity contribution >= 4 is 0 Å². The fraction of sp³-hybridized carbons (Fsp3) is 0.562. The minimum Gasteiger partial charge on any atom is -0.336 e. The monoisotopic (exact) mass is 299 g/mol. The minimum absolute atomic E-state index is 0.0289. The average Bonchev–Trinajstić information content (AvgIpc) is 3.20. The molecule has 1 saturated carbocycles. The number of hydrogen-bond donors (Lipinski definition) is 0. The van der Waals surface area contributed by atoms with E-state index in [1.54, 1.807) is 10.7 Å². The first-order valence-electron chi connectivity index (χ1n) is 8.04. The summed E-state index contributed by atoms with van der Waals surface area (Å²) in [7, 11) is 0. The minimum atomic E-state index is 0.0289. The van der Waals surface area contributed by atoms with Crippen molar-refractivity contribution < 1.29 is 0 Å². The number of aromatic nitrogens is 4. The van der Waals surface area contributed by atoms with Crippen LogP contribution in [-0.2, 0) is 13.1 Å². The van der Waals surface area contributed by atoms with Crippen molar-refractivity contribution in [2.75, 3.05) is 19.6 Å². The van der Waals surface area contributed by atoms with Crippen LogP contribution < -0.4 is 5.56 Å². The van der Waals surface area contributed by atoms with Gasteiger partial charge in [0, 0.05) is 56.5 Å². The molecule has 3 heterocycles. The molecular formula is C16H21N5O. The van der Waals surface area contributed by atoms with E-state index in [2.05, 4.69) is 19.5 Å². The molecule has 6 heteroatoms. The Morgan fingerprint density at radius 2 is 2.05 bits per heavy atom. The highest BCUT2D eigenvalue weighted by molar-refractivity contribution is 5.12. The topological polar surface area (TPSA) is 56.0 Å². The maximum absolute atomic E-state index is 11.9. The van der Waals surface area contributed by atoms with Crippen molar-refractivity contribution in [3.63, 3.8) is 0 Å². The van der Waals surface area contributed by atoms with Gasteiger partial charge in [-0.15, -0.1) is 0 Å². The van der Waals surface area contributed by atoms with Gasteiger partial charge in [0.25, 0.3) is 5.56 Å². The third-order valence-corrected chi connectivity index (χ3v) is 4.58. The van der Waals surface area contributed by atoms with Crippen molar-refractivity contribution in [3.05, 3.63) is 46.9 Å². The molecular weight excluding hydrogens is 278 g/mol. The van der Waals surface area contributed by atoms with Crippen molar-refractivity contribution in [1.29, 1.82) is 0 Å². The average molecular weight is 299 g/mol. The van der Waals surface area contributed by atoms with E-state index < -0.39 is 0 Å². The first-order chi connectivity index (χ1) is 10.8. The van der Waals surface area contributed by atoms with E-state index in [0.29, 0.717) is 11.8 Å². The van der Waals surface area contributed by atoms with Crippen LogP contribution in [0.15, 0.2) is 35.6 Å². The van der Waals surface area contributed by atoms with E-state index in [1.165, 1.54) is 12.8 Å². The highest BCUT2D eigenvalue weighted by Crippen LogP contribution is 2.38. The highest BCUT2D eigenvalue weighted by atomic mass is 16.1. The summed E-state index contributed by atoms with van der Waals surface area (Å²) in [6.07, 6.45) is 8.09. The molecule has 2 aromatic rings. The van der Waals surface area contributed by atoms with Crippen LogP contribution in [0.4, 0.5) is 0 Å². The first-order valence-corrected chi connectivity index (χ1v) is 8.04. The lowest BCUT2D eigenvalue weighted by Crippen LogP contribution is -2.50. The lowest BCUT2D eigenvalue weighted by molar-refractivity contribution is 0.0803. The van der Waals surface area contributed by atoms with Gasteiger partial charge in [0.05, 0.1) is 18.6 Å². The molecule has 2 aliphatic rings. The molecule has 0 N–H and O–H groups in total. The second kappa shape index (κ2) is 5.68. The number of nitrogens with zero attached hydrogens (tertiary/aromatic N) is 5. The molecule has 1 aliphatic heterocycles. The molecule has 0 radical (unpaired) electrons. The van der Waals surface area contributed by atoms with E-state index in [-0.39, 0.29) is 5.56 Å². The van der Waals surface area contributed by atoms with Gasteiger partial charge < -0.3 is 9.47 Å². The van der Waals surface area contributed by atoms with Crippen molar-refractivity contribution in [2.24, 2.45) is 5.92 Å². The van der Waals surface area contributed by atoms with E-state index >= 15 is 0 Å². The second-order valence-electron chi connectivity index (χ2n) is 6.48. The summed E-state index contributed by atoms with van der Waals surface area (Å²) in [5.74, 6) is 1.14. The molecule has 1 saturated heterocycles. The summed E-state index contributed by atoms with van der Waals surface area (Å²) < 4.78 is 3.77. The standard InChI is InChI=1S/C16H21N5O/c22-16-4-3-15(14-1-2-14)18-21(16)11-13-9-20(10-13)8-7-19-6-5-17-12-19/h3-6,12-14H,1-2,7-11H2. The molecule has 2 aromatic heterocycles. The quantitative estimate of drug-likeness (QED) is 0.797. The van der Waals surface area contributed by atoms with Crippen molar-refractivity contribution in [1.82, 2.24) is 24.2 Å². The Morgan fingerprint density at radius 1 is 1.18 bits per heavy atom. The zero-order valence-corrected chi connectivity index (χ0v) is 12.6. The smallest absolute Gasteiger partial charge is 0.266 e. The molecule has 22 heavy (non-hydrogen) atoms. The lowest BCUT2D eigenvalue weighted by Gasteiger charge is -2.39. The van der Waals surface area contributed by atoms with Crippen LogP contribution in [-0.4, -0.2) is 43.9 Å². The van der Waals surface area contributed by atoms with Crippen LogP contribution in [0.1, 0.15) is 24.5 Å². The molecule has 0 spiro atoms. The predicted octanol–water partition coefficient (Wildman–Crippen LogP) is 0.949. The molecule has 0 amide bonds. The summed E-state index contributed by atoms with van der Waals surface area (Å²) in [5.41, 5.74) is 1.12. The fourth-order valence-electron chi connectivity index (χ4n) is 3.09. The molecule has 2 fully saturated rings. The largest absolute Gasteiger partial charge is 0.336 e. The Hall–Kier alpha value is -1.95. The molecule has 4 rings (SSSR count). The zero-order valence-electron chi connectivity index (χ0n) is 12.6. The maximum Gasteiger partial charge on any atom is 0.266 e. The first kappa shape index (κ1) is 13.7. The van der Waals surface area contributed by atoms with Gasteiger partial charge in [-0.2, -0.15) is 5.10 Å². The Kier molecular flexibility index (Phi) is 3.54. The van der Waals surface area contributed by atoms with E-state index in [9.17, 15) is 4.79 Å². The van der Waals surface area contributed by atoms with Crippen LogP contribution in [0.25, 0.3) is 0 Å². The Labute approximate surface area is 129 Å². The number of imidazole rings is 1. The SMILES string of the molecule is O=c1ccc(C2CC2)nn1CC1CN(CCn2ccnc2)C1. The molecule has 0 unspecified atom stereocenters. The van der Waals surface area contributed by atoms with Crippen LogP contribution in [0.5, 0.6) is 0 Å². The third kappa shape index (κ3) is 2.97. The Morgan fingerprint density at radius 3 is 2.77 bits per heavy atom. The molecule has 1 aliphatic carbocycles. The van der Waals surface area contributed by atoms with Crippen LogP contribution in [0, 0.1) is 5.92 Å². The van der Waals surface area contributed by atoms with E-state index in [4.69, 9.17) is 0 Å². The second-order valence-corrected chi connectivity index (χ2v) is 6.48. The normalized spacial score (nSPS) is 19.3. The number of rotatable bonds is 6. The van der Waals surface area contributed by atoms with Crippen molar-refractivity contribution in [3.8, 4) is 0 Å². The molecule has 0 atom stereocenters. The fourth-order valence-corrected chi connectivity index (χ4v) is 3.09. The number of likely N-dealkylation sites (tertiary alicyclic amines) is 1. The van der Waals surface area contributed by atoms with Crippen molar-refractivity contribution in [2.45, 2.75) is 31.8 Å². The summed E-state index contributed by atoms with van der Waals surface area (Å²) in [6, 6.07) is 3.57. The van der Waals surface area contributed by atoms with Gasteiger partial charge in [0.15, 0.2) is 0 Å². The molecule has 116 valence electrons. The predicted molar refractivity (Wildman–Crippen MR) is 82.6 cm³/mol. The Bertz CT molecular complexity index is 683. The van der Waals surface area contributed by atoms with Gasteiger partial charge in [-0.25, -0.2) is 9.67 Å². The van der Waals surface area contributed by atoms with Gasteiger partial charge in [-0.3, -0.25) is 4.79 Å². The van der Waals surface area contributed by atoms with Gasteiger partial charge >= 0.3 is 0 Å². The molecule has 0 aromatic carbocycles. The maximum atomic E-state index is 11.9. The van der Waals surface area contributed by atoms with Crippen LogP contribution in [0.2, 0.25) is 0 Å². The van der Waals surface area contributed by atoms with Crippen LogP contribution >= 0.6 is 0 Å². The summed E-state index contributed by atoms with van der Waals surface area (Å²) in [4.78, 5) is 18.4. The van der Waals surface area contributed by atoms with Gasteiger partial charge in [0.2, 0.25) is 0 Å². The van der Waals surface area contributed by atoms with E-state index in [0.717, 1.165) is 38.4 Å². The van der Waals surface area contributed by atoms with E-state index in [1.807, 2.05) is 24.8 Å². The summed E-state index contributed by atoms with van der Waals surface area (Å²) in [6.45, 7) is 4.87. The summed E-state index contributed by atoms with van der Waals surface area (Å²) >= 11 is 0. The van der Waals surface area contributed by atoms with Crippen LogP contribution in [0.3, 0.4) is 0 Å². The summed E-state index contributed by atoms with van der Waals surface area (Å²) in [5, 5.41) is 4.54. The molecule has 6 nitrogen and oxygen atoms in total. The highest BCUT2D eigenvalue weighted by Gasteiger charge is 2.28.